The third kappa shape index (κ3) is 4.83. The number of aromatic carboxylic acids is 1. The van der Waals surface area contributed by atoms with Crippen molar-refractivity contribution in [1.82, 2.24) is 4.72 Å². The first-order valence-corrected chi connectivity index (χ1v) is 9.94. The monoisotopic (exact) mass is 376 g/mol. The minimum Gasteiger partial charge on any atom is -0.478 e. The summed E-state index contributed by atoms with van der Waals surface area (Å²) < 4.78 is 28.5. The fourth-order valence-corrected chi connectivity index (χ4v) is 3.90. The lowest BCUT2D eigenvalue weighted by Crippen LogP contribution is -2.28. The smallest absolute Gasteiger partial charge is 0.335 e. The Morgan fingerprint density at radius 1 is 1.12 bits per heavy atom. The van der Waals surface area contributed by atoms with Gasteiger partial charge in [0, 0.05) is 12.1 Å². The van der Waals surface area contributed by atoms with Crippen molar-refractivity contribution in [2.24, 2.45) is 0 Å². The summed E-state index contributed by atoms with van der Waals surface area (Å²) >= 11 is 0. The third-order valence-electron chi connectivity index (χ3n) is 4.16. The molecule has 0 radical (unpaired) electrons. The lowest BCUT2D eigenvalue weighted by Gasteiger charge is -2.20. The SMILES string of the molecule is CC[C@H](C)Nc1ccc(C(=O)O)cc1S(=O)(=O)N[C@H](C)c1ccccc1. The average Bonchev–Trinajstić information content (AvgIpc) is 2.61. The maximum absolute atomic E-state index is 12.9. The first-order chi connectivity index (χ1) is 12.2. The molecule has 7 heteroatoms. The van der Waals surface area contributed by atoms with Gasteiger partial charge in [0.25, 0.3) is 0 Å². The largest absolute Gasteiger partial charge is 0.478 e. The molecule has 0 bridgehead atoms. The van der Waals surface area contributed by atoms with Gasteiger partial charge in [-0.1, -0.05) is 37.3 Å². The summed E-state index contributed by atoms with van der Waals surface area (Å²) in [4.78, 5) is 11.2. The van der Waals surface area contributed by atoms with Gasteiger partial charge in [-0.05, 0) is 44.0 Å². The molecule has 6 nitrogen and oxygen atoms in total. The molecule has 0 fully saturated rings. The van der Waals surface area contributed by atoms with Gasteiger partial charge in [0.1, 0.15) is 4.90 Å². The van der Waals surface area contributed by atoms with E-state index in [2.05, 4.69) is 10.0 Å². The molecule has 0 unspecified atom stereocenters. The van der Waals surface area contributed by atoms with Crippen molar-refractivity contribution in [3.63, 3.8) is 0 Å². The van der Waals surface area contributed by atoms with Crippen LogP contribution in [0.5, 0.6) is 0 Å². The molecular formula is C19H24N2O4S. The van der Waals surface area contributed by atoms with Crippen LogP contribution in [0.3, 0.4) is 0 Å². The zero-order valence-corrected chi connectivity index (χ0v) is 15.9. The fraction of sp³-hybridized carbons (Fsp3) is 0.316. The van der Waals surface area contributed by atoms with E-state index in [1.165, 1.54) is 18.2 Å². The molecule has 2 atom stereocenters. The van der Waals surface area contributed by atoms with Crippen LogP contribution in [-0.2, 0) is 10.0 Å². The van der Waals surface area contributed by atoms with Crippen LogP contribution in [0.25, 0.3) is 0 Å². The summed E-state index contributed by atoms with van der Waals surface area (Å²) in [6.45, 7) is 5.66. The van der Waals surface area contributed by atoms with E-state index in [0.717, 1.165) is 12.0 Å². The molecule has 0 spiro atoms. The van der Waals surface area contributed by atoms with Crippen molar-refractivity contribution < 1.29 is 18.3 Å². The number of carboxylic acids is 1. The van der Waals surface area contributed by atoms with E-state index in [-0.39, 0.29) is 16.5 Å². The number of carbonyl (C=O) groups is 1. The number of nitrogens with one attached hydrogen (secondary N) is 2. The highest BCUT2D eigenvalue weighted by molar-refractivity contribution is 7.89. The minimum absolute atomic E-state index is 0.0474. The Morgan fingerprint density at radius 2 is 1.77 bits per heavy atom. The molecule has 0 aromatic heterocycles. The molecule has 0 amide bonds. The Kier molecular flexibility index (Phi) is 6.39. The van der Waals surface area contributed by atoms with Gasteiger partial charge in [-0.3, -0.25) is 0 Å². The zero-order chi connectivity index (χ0) is 19.3. The van der Waals surface area contributed by atoms with E-state index in [1.54, 1.807) is 6.92 Å². The summed E-state index contributed by atoms with van der Waals surface area (Å²) in [6, 6.07) is 12.9. The van der Waals surface area contributed by atoms with Crippen LogP contribution >= 0.6 is 0 Å². The van der Waals surface area contributed by atoms with Crippen LogP contribution in [0.15, 0.2) is 53.4 Å². The van der Waals surface area contributed by atoms with Crippen molar-refractivity contribution in [2.45, 2.75) is 44.2 Å². The molecule has 3 N–H and O–H groups in total. The highest BCUT2D eigenvalue weighted by Gasteiger charge is 2.24. The molecule has 0 heterocycles. The topological polar surface area (TPSA) is 95.5 Å². The highest BCUT2D eigenvalue weighted by Crippen LogP contribution is 2.26. The van der Waals surface area contributed by atoms with Crippen LogP contribution in [0.4, 0.5) is 5.69 Å². The Balaban J connectivity index is 2.41. The Morgan fingerprint density at radius 3 is 2.35 bits per heavy atom. The molecule has 0 aliphatic carbocycles. The molecule has 26 heavy (non-hydrogen) atoms. The standard InChI is InChI=1S/C19H24N2O4S/c1-4-13(2)20-17-11-10-16(19(22)23)12-18(17)26(24,25)21-14(3)15-8-6-5-7-9-15/h5-14,20-21H,4H2,1-3H3,(H,22,23)/t13-,14+/m0/s1. The highest BCUT2D eigenvalue weighted by atomic mass is 32.2. The van der Waals surface area contributed by atoms with Gasteiger partial charge < -0.3 is 10.4 Å². The van der Waals surface area contributed by atoms with E-state index in [9.17, 15) is 18.3 Å². The van der Waals surface area contributed by atoms with Crippen molar-refractivity contribution in [1.29, 1.82) is 0 Å². The lowest BCUT2D eigenvalue weighted by molar-refractivity contribution is 0.0696. The number of benzene rings is 2. The van der Waals surface area contributed by atoms with Crippen molar-refractivity contribution in [2.75, 3.05) is 5.32 Å². The number of rotatable bonds is 8. The minimum atomic E-state index is -3.92. The van der Waals surface area contributed by atoms with Crippen LogP contribution < -0.4 is 10.0 Å². The summed E-state index contributed by atoms with van der Waals surface area (Å²) in [7, 11) is -3.92. The van der Waals surface area contributed by atoms with Gasteiger partial charge in [-0.25, -0.2) is 17.9 Å². The molecule has 0 aliphatic rings. The number of anilines is 1. The van der Waals surface area contributed by atoms with Crippen molar-refractivity contribution in [3.8, 4) is 0 Å². The maximum atomic E-state index is 12.9. The fourth-order valence-electron chi connectivity index (χ4n) is 2.47. The summed E-state index contributed by atoms with van der Waals surface area (Å²) in [5, 5.41) is 12.4. The normalized spacial score (nSPS) is 13.8. The van der Waals surface area contributed by atoms with E-state index < -0.39 is 22.0 Å². The molecule has 140 valence electrons. The molecular weight excluding hydrogens is 352 g/mol. The van der Waals surface area contributed by atoms with Gasteiger partial charge >= 0.3 is 5.97 Å². The molecule has 2 aromatic carbocycles. The van der Waals surface area contributed by atoms with Gasteiger partial charge in [0.05, 0.1) is 11.3 Å². The maximum Gasteiger partial charge on any atom is 0.335 e. The van der Waals surface area contributed by atoms with Gasteiger partial charge in [-0.15, -0.1) is 0 Å². The molecule has 0 saturated heterocycles. The van der Waals surface area contributed by atoms with Gasteiger partial charge in [0.2, 0.25) is 10.0 Å². The molecule has 2 aromatic rings. The average molecular weight is 376 g/mol. The first-order valence-electron chi connectivity index (χ1n) is 8.45. The van der Waals surface area contributed by atoms with E-state index in [1.807, 2.05) is 44.2 Å². The Bertz CT molecular complexity index is 866. The molecule has 0 aliphatic heterocycles. The number of carboxylic acid groups (broad SMARTS) is 1. The second-order valence-electron chi connectivity index (χ2n) is 6.22. The number of sulfonamides is 1. The Hall–Kier alpha value is -2.38. The molecule has 2 rings (SSSR count). The quantitative estimate of drug-likeness (QED) is 0.654. The number of hydrogen-bond acceptors (Lipinski definition) is 4. The van der Waals surface area contributed by atoms with Crippen LogP contribution in [0.2, 0.25) is 0 Å². The van der Waals surface area contributed by atoms with Crippen molar-refractivity contribution >= 4 is 21.7 Å². The van der Waals surface area contributed by atoms with Gasteiger partial charge in [0.15, 0.2) is 0 Å². The molecule has 0 saturated carbocycles. The van der Waals surface area contributed by atoms with Gasteiger partial charge in [-0.2, -0.15) is 0 Å². The summed E-state index contributed by atoms with van der Waals surface area (Å²) in [6.07, 6.45) is 0.800. The van der Waals surface area contributed by atoms with E-state index >= 15 is 0 Å². The summed E-state index contributed by atoms with van der Waals surface area (Å²) in [5.41, 5.74) is 1.13. The first kappa shape index (κ1) is 19.9. The lowest BCUT2D eigenvalue weighted by atomic mass is 10.1. The second kappa shape index (κ2) is 8.33. The van der Waals surface area contributed by atoms with E-state index in [4.69, 9.17) is 0 Å². The van der Waals surface area contributed by atoms with Crippen LogP contribution in [-0.4, -0.2) is 25.5 Å². The zero-order valence-electron chi connectivity index (χ0n) is 15.1. The van der Waals surface area contributed by atoms with Crippen LogP contribution in [0, 0.1) is 0 Å². The Labute approximate surface area is 154 Å². The predicted molar refractivity (Wildman–Crippen MR) is 102 cm³/mol. The van der Waals surface area contributed by atoms with Crippen LogP contribution in [0.1, 0.15) is 49.2 Å². The summed E-state index contributed by atoms with van der Waals surface area (Å²) in [5.74, 6) is -1.17. The predicted octanol–water partition coefficient (Wildman–Crippen LogP) is 3.63. The van der Waals surface area contributed by atoms with Crippen molar-refractivity contribution in [3.05, 3.63) is 59.7 Å². The number of hydrogen-bond donors (Lipinski definition) is 3. The third-order valence-corrected chi connectivity index (χ3v) is 5.74. The second-order valence-corrected chi connectivity index (χ2v) is 7.91. The van der Waals surface area contributed by atoms with E-state index in [0.29, 0.717) is 5.69 Å².